The van der Waals surface area contributed by atoms with Gasteiger partial charge in [0.25, 0.3) is 5.91 Å². The van der Waals surface area contributed by atoms with Crippen LogP contribution in [0, 0.1) is 0 Å². The Kier molecular flexibility index (Phi) is 11.8. The van der Waals surface area contributed by atoms with Gasteiger partial charge in [0.2, 0.25) is 0 Å². The molecule has 2 atom stereocenters. The molecule has 0 radical (unpaired) electrons. The lowest BCUT2D eigenvalue weighted by Gasteiger charge is -2.34. The molecular weight excluding hydrogens is 537 g/mol. The van der Waals surface area contributed by atoms with Gasteiger partial charge in [-0.1, -0.05) is 12.1 Å². The van der Waals surface area contributed by atoms with Crippen molar-refractivity contribution >= 4 is 41.5 Å². The summed E-state index contributed by atoms with van der Waals surface area (Å²) in [6, 6.07) is 7.67. The van der Waals surface area contributed by atoms with Crippen molar-refractivity contribution in [2.75, 3.05) is 57.9 Å². The largest absolute Gasteiger partial charge is 0.387 e. The summed E-state index contributed by atoms with van der Waals surface area (Å²) in [6.07, 6.45) is 1.33. The third kappa shape index (κ3) is 9.73. The van der Waals surface area contributed by atoms with E-state index in [1.165, 1.54) is 0 Å². The molecule has 2 saturated heterocycles. The first-order valence-corrected chi connectivity index (χ1v) is 11.5. The normalized spacial score (nSPS) is 21.1. The van der Waals surface area contributed by atoms with E-state index in [4.69, 9.17) is 9.47 Å². The van der Waals surface area contributed by atoms with Crippen molar-refractivity contribution in [2.24, 2.45) is 4.99 Å². The van der Waals surface area contributed by atoms with Crippen LogP contribution in [-0.2, 0) is 20.8 Å². The van der Waals surface area contributed by atoms with Crippen LogP contribution in [0.15, 0.2) is 29.3 Å². The standard InChI is InChI=1S/C23H37N5O4.HI/c1-3-24-22(26-16-23(2,30)17-28-9-12-31-13-10-28)25-15-18-6-4-7-19(14-18)27-21(29)20-8-5-11-32-20;/h4,6-7,14,20,30H,3,5,8-13,15-17H2,1-2H3,(H,27,29)(H2,24,25,26);1H. The molecule has 2 aliphatic heterocycles. The van der Waals surface area contributed by atoms with E-state index < -0.39 is 5.60 Å². The summed E-state index contributed by atoms with van der Waals surface area (Å²) >= 11 is 0. The number of benzene rings is 1. The van der Waals surface area contributed by atoms with Gasteiger partial charge in [0.1, 0.15) is 6.10 Å². The lowest BCUT2D eigenvalue weighted by molar-refractivity contribution is -0.124. The van der Waals surface area contributed by atoms with E-state index in [1.54, 1.807) is 0 Å². The number of nitrogens with zero attached hydrogens (tertiary/aromatic N) is 2. The molecule has 1 aromatic rings. The predicted octanol–water partition coefficient (Wildman–Crippen LogP) is 1.56. The van der Waals surface area contributed by atoms with Crippen molar-refractivity contribution in [3.63, 3.8) is 0 Å². The first kappa shape index (κ1) is 27.8. The first-order chi connectivity index (χ1) is 15.4. The monoisotopic (exact) mass is 575 g/mol. The summed E-state index contributed by atoms with van der Waals surface area (Å²) in [5.74, 6) is 0.546. The predicted molar refractivity (Wildman–Crippen MR) is 140 cm³/mol. The Balaban J connectivity index is 0.00000385. The number of guanidine groups is 1. The molecule has 3 rings (SSSR count). The number of hydrogen-bond donors (Lipinski definition) is 4. The Morgan fingerprint density at radius 3 is 2.76 bits per heavy atom. The fourth-order valence-electron chi connectivity index (χ4n) is 3.84. The minimum absolute atomic E-state index is 0. The molecule has 186 valence electrons. The Morgan fingerprint density at radius 1 is 1.27 bits per heavy atom. The average molecular weight is 575 g/mol. The Bertz CT molecular complexity index is 765. The molecule has 9 nitrogen and oxygen atoms in total. The van der Waals surface area contributed by atoms with E-state index in [2.05, 4.69) is 25.8 Å². The van der Waals surface area contributed by atoms with Crippen LogP contribution in [0.5, 0.6) is 0 Å². The highest BCUT2D eigenvalue weighted by atomic mass is 127. The lowest BCUT2D eigenvalue weighted by atomic mass is 10.1. The van der Waals surface area contributed by atoms with Crippen molar-refractivity contribution in [3.05, 3.63) is 29.8 Å². The van der Waals surface area contributed by atoms with E-state index >= 15 is 0 Å². The highest BCUT2D eigenvalue weighted by molar-refractivity contribution is 14.0. The second-order valence-corrected chi connectivity index (χ2v) is 8.63. The first-order valence-electron chi connectivity index (χ1n) is 11.5. The molecular formula is C23H38IN5O4. The highest BCUT2D eigenvalue weighted by Crippen LogP contribution is 2.16. The van der Waals surface area contributed by atoms with E-state index in [0.29, 0.717) is 45.4 Å². The molecule has 4 N–H and O–H groups in total. The molecule has 0 aromatic heterocycles. The van der Waals surface area contributed by atoms with Crippen LogP contribution < -0.4 is 16.0 Å². The molecule has 1 amide bonds. The maximum Gasteiger partial charge on any atom is 0.253 e. The summed E-state index contributed by atoms with van der Waals surface area (Å²) in [5.41, 5.74) is 0.831. The van der Waals surface area contributed by atoms with Gasteiger partial charge in [-0.25, -0.2) is 4.99 Å². The molecule has 2 aliphatic rings. The van der Waals surface area contributed by atoms with Gasteiger partial charge in [-0.15, -0.1) is 24.0 Å². The van der Waals surface area contributed by atoms with Crippen LogP contribution in [0.3, 0.4) is 0 Å². The molecule has 0 spiro atoms. The van der Waals surface area contributed by atoms with Crippen molar-refractivity contribution in [2.45, 2.75) is 44.9 Å². The van der Waals surface area contributed by atoms with Gasteiger partial charge in [-0.05, 0) is 44.4 Å². The average Bonchev–Trinajstić information content (AvgIpc) is 3.32. The molecule has 1 aromatic carbocycles. The molecule has 33 heavy (non-hydrogen) atoms. The molecule has 0 aliphatic carbocycles. The quantitative estimate of drug-likeness (QED) is 0.201. The smallest absolute Gasteiger partial charge is 0.253 e. The molecule has 2 heterocycles. The minimum Gasteiger partial charge on any atom is -0.387 e. The summed E-state index contributed by atoms with van der Waals surface area (Å²) in [5, 5.41) is 20.2. The van der Waals surface area contributed by atoms with Gasteiger partial charge >= 0.3 is 0 Å². The Hall–Kier alpha value is -1.47. The van der Waals surface area contributed by atoms with Crippen LogP contribution in [0.4, 0.5) is 5.69 Å². The van der Waals surface area contributed by atoms with Crippen molar-refractivity contribution in [1.29, 1.82) is 0 Å². The number of hydrogen-bond acceptors (Lipinski definition) is 6. The SMILES string of the molecule is CCNC(=NCc1cccc(NC(=O)C2CCCO2)c1)NCC(C)(O)CN1CCOCC1.I. The number of nitrogens with one attached hydrogen (secondary N) is 3. The molecule has 2 fully saturated rings. The van der Waals surface area contributed by atoms with Gasteiger partial charge in [0.15, 0.2) is 5.96 Å². The maximum atomic E-state index is 12.3. The topological polar surface area (TPSA) is 107 Å². The lowest BCUT2D eigenvalue weighted by Crippen LogP contribution is -2.52. The molecule has 0 saturated carbocycles. The zero-order valence-electron chi connectivity index (χ0n) is 19.6. The molecule has 10 heteroatoms. The fourth-order valence-corrected chi connectivity index (χ4v) is 3.84. The summed E-state index contributed by atoms with van der Waals surface area (Å²) < 4.78 is 10.8. The van der Waals surface area contributed by atoms with Gasteiger partial charge in [0, 0.05) is 45.0 Å². The number of β-amino-alcohol motifs (C(OH)–C–C–N with tert-alkyl or cyclic N) is 1. The summed E-state index contributed by atoms with van der Waals surface area (Å²) in [4.78, 5) is 19.1. The maximum absolute atomic E-state index is 12.3. The van der Waals surface area contributed by atoms with E-state index in [9.17, 15) is 9.90 Å². The second kappa shape index (κ2) is 14.1. The highest BCUT2D eigenvalue weighted by Gasteiger charge is 2.26. The number of halogens is 1. The zero-order valence-corrected chi connectivity index (χ0v) is 22.0. The number of rotatable bonds is 9. The van der Waals surface area contributed by atoms with Gasteiger partial charge in [-0.2, -0.15) is 0 Å². The van der Waals surface area contributed by atoms with E-state index in [-0.39, 0.29) is 36.0 Å². The van der Waals surface area contributed by atoms with Crippen LogP contribution in [0.1, 0.15) is 32.3 Å². The number of amides is 1. The number of aliphatic imine (C=N–C) groups is 1. The number of anilines is 1. The van der Waals surface area contributed by atoms with Crippen LogP contribution in [-0.4, -0.2) is 86.1 Å². The van der Waals surface area contributed by atoms with Gasteiger partial charge < -0.3 is 30.5 Å². The molecule has 0 bridgehead atoms. The van der Waals surface area contributed by atoms with Crippen molar-refractivity contribution < 1.29 is 19.4 Å². The zero-order chi connectivity index (χ0) is 22.8. The minimum atomic E-state index is -0.889. The third-order valence-electron chi connectivity index (χ3n) is 5.49. The van der Waals surface area contributed by atoms with E-state index in [1.807, 2.05) is 38.1 Å². The third-order valence-corrected chi connectivity index (χ3v) is 5.49. The summed E-state index contributed by atoms with van der Waals surface area (Å²) in [6.45, 7) is 9.70. The molecule has 2 unspecified atom stereocenters. The van der Waals surface area contributed by atoms with Crippen molar-refractivity contribution in [3.8, 4) is 0 Å². The van der Waals surface area contributed by atoms with Crippen molar-refractivity contribution in [1.82, 2.24) is 15.5 Å². The van der Waals surface area contributed by atoms with Crippen LogP contribution in [0.25, 0.3) is 0 Å². The van der Waals surface area contributed by atoms with Gasteiger partial charge in [0.05, 0.1) is 25.4 Å². The van der Waals surface area contributed by atoms with E-state index in [0.717, 1.165) is 43.7 Å². The number of carbonyl (C=O) groups is 1. The number of aliphatic hydroxyl groups is 1. The van der Waals surface area contributed by atoms with Gasteiger partial charge in [-0.3, -0.25) is 9.69 Å². The number of ether oxygens (including phenoxy) is 2. The Morgan fingerprint density at radius 2 is 2.06 bits per heavy atom. The second-order valence-electron chi connectivity index (χ2n) is 8.63. The summed E-state index contributed by atoms with van der Waals surface area (Å²) in [7, 11) is 0. The Labute approximate surface area is 213 Å². The number of morpholine rings is 1. The van der Waals surface area contributed by atoms with Crippen LogP contribution >= 0.6 is 24.0 Å². The van der Waals surface area contributed by atoms with Crippen LogP contribution in [0.2, 0.25) is 0 Å². The fraction of sp³-hybridized carbons (Fsp3) is 0.652. The number of carbonyl (C=O) groups excluding carboxylic acids is 1.